The number of nitrogens with two attached hydrogens (primary N) is 1. The van der Waals surface area contributed by atoms with Crippen LogP contribution in [-0.4, -0.2) is 37.5 Å². The Labute approximate surface area is 102 Å². The van der Waals surface area contributed by atoms with Gasteiger partial charge in [-0.15, -0.1) is 0 Å². The fourth-order valence-corrected chi connectivity index (χ4v) is 2.93. The Morgan fingerprint density at radius 3 is 2.41 bits per heavy atom. The summed E-state index contributed by atoms with van der Waals surface area (Å²) in [4.78, 5) is 11.3. The summed E-state index contributed by atoms with van der Waals surface area (Å²) in [5.41, 5.74) is 4.53. The van der Waals surface area contributed by atoms with E-state index in [-0.39, 0.29) is 24.5 Å². The molecule has 1 unspecified atom stereocenters. The maximum Gasteiger partial charge on any atom is 0.310 e. The molecule has 5 nitrogen and oxygen atoms in total. The monoisotopic (exact) mass is 263 g/mol. The van der Waals surface area contributed by atoms with Gasteiger partial charge in [0.25, 0.3) is 0 Å². The Bertz CT molecular complexity index is 375. The summed E-state index contributed by atoms with van der Waals surface area (Å²) in [5, 5.41) is 9.30. The lowest BCUT2D eigenvalue weighted by Crippen LogP contribution is -2.40. The van der Waals surface area contributed by atoms with Gasteiger partial charge in [-0.25, -0.2) is 8.42 Å². The number of aliphatic carboxylic acids is 1. The molecule has 1 rings (SSSR count). The standard InChI is InChI=1S/C11H21NO4S/c1-2-17(15,16)6-5-11(8-12,10(13)14)7-9-3-4-9/h9H,2-8,12H2,1H3,(H,13,14). The maximum atomic E-state index is 11.5. The molecular formula is C11H21NO4S. The van der Waals surface area contributed by atoms with Gasteiger partial charge in [-0.2, -0.15) is 0 Å². The molecule has 0 amide bonds. The van der Waals surface area contributed by atoms with Crippen LogP contribution in [0.1, 0.15) is 32.6 Å². The summed E-state index contributed by atoms with van der Waals surface area (Å²) < 4.78 is 22.9. The van der Waals surface area contributed by atoms with E-state index in [0.717, 1.165) is 12.8 Å². The summed E-state index contributed by atoms with van der Waals surface area (Å²) in [6.07, 6.45) is 2.72. The van der Waals surface area contributed by atoms with Gasteiger partial charge in [0.05, 0.1) is 11.2 Å². The minimum Gasteiger partial charge on any atom is -0.481 e. The Kier molecular flexibility index (Phi) is 4.55. The van der Waals surface area contributed by atoms with Gasteiger partial charge in [-0.05, 0) is 18.8 Å². The Morgan fingerprint density at radius 1 is 1.47 bits per heavy atom. The number of rotatable bonds is 8. The van der Waals surface area contributed by atoms with Crippen molar-refractivity contribution in [3.8, 4) is 0 Å². The molecule has 1 atom stereocenters. The van der Waals surface area contributed by atoms with Crippen molar-refractivity contribution in [2.24, 2.45) is 17.1 Å². The highest BCUT2D eigenvalue weighted by atomic mass is 32.2. The normalized spacial score (nSPS) is 19.9. The van der Waals surface area contributed by atoms with Gasteiger partial charge in [0, 0.05) is 12.3 Å². The minimum absolute atomic E-state index is 0.0120. The number of hydrogen-bond acceptors (Lipinski definition) is 4. The molecule has 0 heterocycles. The first-order chi connectivity index (χ1) is 7.85. The molecule has 3 N–H and O–H groups in total. The molecule has 6 heteroatoms. The van der Waals surface area contributed by atoms with Crippen LogP contribution in [0.4, 0.5) is 0 Å². The van der Waals surface area contributed by atoms with E-state index >= 15 is 0 Å². The third-order valence-electron chi connectivity index (χ3n) is 3.55. The van der Waals surface area contributed by atoms with Crippen LogP contribution in [0, 0.1) is 11.3 Å². The smallest absolute Gasteiger partial charge is 0.310 e. The van der Waals surface area contributed by atoms with Crippen LogP contribution in [0.15, 0.2) is 0 Å². The van der Waals surface area contributed by atoms with Crippen LogP contribution in [0.25, 0.3) is 0 Å². The predicted octanol–water partition coefficient (Wildman–Crippen LogP) is 0.641. The van der Waals surface area contributed by atoms with Gasteiger partial charge in [-0.3, -0.25) is 4.79 Å². The van der Waals surface area contributed by atoms with Crippen LogP contribution in [0.3, 0.4) is 0 Å². The van der Waals surface area contributed by atoms with Crippen molar-refractivity contribution < 1.29 is 18.3 Å². The molecule has 1 aliphatic rings. The summed E-state index contributed by atoms with van der Waals surface area (Å²) in [7, 11) is -3.13. The second-order valence-electron chi connectivity index (χ2n) is 4.92. The molecule has 1 saturated carbocycles. The quantitative estimate of drug-likeness (QED) is 0.669. The maximum absolute atomic E-state index is 11.5. The summed E-state index contributed by atoms with van der Waals surface area (Å²) in [6, 6.07) is 0. The average molecular weight is 263 g/mol. The highest BCUT2D eigenvalue weighted by Crippen LogP contribution is 2.42. The number of hydrogen-bond donors (Lipinski definition) is 2. The first kappa shape index (κ1) is 14.4. The molecular weight excluding hydrogens is 242 g/mol. The van der Waals surface area contributed by atoms with Crippen molar-refractivity contribution in [3.05, 3.63) is 0 Å². The molecule has 0 radical (unpaired) electrons. The van der Waals surface area contributed by atoms with Crippen LogP contribution in [0.2, 0.25) is 0 Å². The molecule has 17 heavy (non-hydrogen) atoms. The molecule has 0 saturated heterocycles. The van der Waals surface area contributed by atoms with Crippen LogP contribution in [-0.2, 0) is 14.6 Å². The molecule has 0 aromatic rings. The van der Waals surface area contributed by atoms with E-state index in [1.165, 1.54) is 0 Å². The number of sulfone groups is 1. The van der Waals surface area contributed by atoms with Crippen molar-refractivity contribution in [1.29, 1.82) is 0 Å². The van der Waals surface area contributed by atoms with Gasteiger partial charge in [0.2, 0.25) is 0 Å². The molecule has 0 aromatic heterocycles. The Morgan fingerprint density at radius 2 is 2.06 bits per heavy atom. The van der Waals surface area contributed by atoms with Gasteiger partial charge in [0.15, 0.2) is 0 Å². The van der Waals surface area contributed by atoms with Gasteiger partial charge >= 0.3 is 5.97 Å². The highest BCUT2D eigenvalue weighted by molar-refractivity contribution is 7.91. The van der Waals surface area contributed by atoms with Gasteiger partial charge in [-0.1, -0.05) is 19.8 Å². The van der Waals surface area contributed by atoms with E-state index < -0.39 is 21.2 Å². The zero-order valence-electron chi connectivity index (χ0n) is 10.2. The van der Waals surface area contributed by atoms with E-state index in [4.69, 9.17) is 5.73 Å². The van der Waals surface area contributed by atoms with E-state index in [1.54, 1.807) is 6.92 Å². The Hall–Kier alpha value is -0.620. The first-order valence-corrected chi connectivity index (χ1v) is 7.81. The van der Waals surface area contributed by atoms with E-state index in [9.17, 15) is 18.3 Å². The van der Waals surface area contributed by atoms with Crippen molar-refractivity contribution in [2.75, 3.05) is 18.1 Å². The highest BCUT2D eigenvalue weighted by Gasteiger charge is 2.42. The lowest BCUT2D eigenvalue weighted by molar-refractivity contribution is -0.149. The molecule has 0 spiro atoms. The summed E-state index contributed by atoms with van der Waals surface area (Å²) >= 11 is 0. The van der Waals surface area contributed by atoms with E-state index in [0.29, 0.717) is 12.3 Å². The van der Waals surface area contributed by atoms with Gasteiger partial charge in [0.1, 0.15) is 9.84 Å². The zero-order valence-corrected chi connectivity index (χ0v) is 11.0. The van der Waals surface area contributed by atoms with Crippen molar-refractivity contribution in [1.82, 2.24) is 0 Å². The summed E-state index contributed by atoms with van der Waals surface area (Å²) in [6.45, 7) is 1.58. The van der Waals surface area contributed by atoms with Gasteiger partial charge < -0.3 is 10.8 Å². The predicted molar refractivity (Wildman–Crippen MR) is 65.4 cm³/mol. The fourth-order valence-electron chi connectivity index (χ4n) is 1.94. The molecule has 0 bridgehead atoms. The number of carboxylic acids is 1. The Balaban J connectivity index is 2.71. The number of carbonyl (C=O) groups is 1. The van der Waals surface area contributed by atoms with Crippen LogP contribution < -0.4 is 5.73 Å². The molecule has 100 valence electrons. The second-order valence-corrected chi connectivity index (χ2v) is 7.40. The van der Waals surface area contributed by atoms with Crippen LogP contribution in [0.5, 0.6) is 0 Å². The first-order valence-electron chi connectivity index (χ1n) is 5.99. The third kappa shape index (κ3) is 3.96. The molecule has 0 aliphatic heterocycles. The minimum atomic E-state index is -3.13. The molecule has 1 aliphatic carbocycles. The topological polar surface area (TPSA) is 97.5 Å². The lowest BCUT2D eigenvalue weighted by Gasteiger charge is -2.27. The zero-order chi connectivity index (χ0) is 13.1. The second kappa shape index (κ2) is 5.35. The fraction of sp³-hybridized carbons (Fsp3) is 0.909. The van der Waals surface area contributed by atoms with E-state index in [2.05, 4.69) is 0 Å². The summed E-state index contributed by atoms with van der Waals surface area (Å²) in [5.74, 6) is -0.576. The lowest BCUT2D eigenvalue weighted by atomic mass is 9.80. The SMILES string of the molecule is CCS(=O)(=O)CCC(CN)(CC1CC1)C(=O)O. The van der Waals surface area contributed by atoms with Crippen molar-refractivity contribution >= 4 is 15.8 Å². The average Bonchev–Trinajstić information content (AvgIpc) is 3.07. The van der Waals surface area contributed by atoms with Crippen molar-refractivity contribution in [2.45, 2.75) is 32.6 Å². The third-order valence-corrected chi connectivity index (χ3v) is 5.26. The molecule has 0 aromatic carbocycles. The number of carboxylic acid groups (broad SMARTS) is 1. The van der Waals surface area contributed by atoms with E-state index in [1.807, 2.05) is 0 Å². The van der Waals surface area contributed by atoms with Crippen molar-refractivity contribution in [3.63, 3.8) is 0 Å². The largest absolute Gasteiger partial charge is 0.481 e. The molecule has 1 fully saturated rings. The van der Waals surface area contributed by atoms with Crippen LogP contribution >= 0.6 is 0 Å².